The molecular formula is C12H14FNO. The summed E-state index contributed by atoms with van der Waals surface area (Å²) in [6.45, 7) is 1.51. The maximum atomic E-state index is 12.7. The van der Waals surface area contributed by atoms with Gasteiger partial charge in [-0.3, -0.25) is 4.79 Å². The lowest BCUT2D eigenvalue weighted by Gasteiger charge is -2.17. The van der Waals surface area contributed by atoms with Crippen molar-refractivity contribution in [2.24, 2.45) is 5.92 Å². The van der Waals surface area contributed by atoms with Gasteiger partial charge in [0, 0.05) is 6.92 Å². The number of benzene rings is 1. The molecule has 2 rings (SSSR count). The Morgan fingerprint density at radius 3 is 2.47 bits per heavy atom. The molecule has 1 aromatic rings. The average Bonchev–Trinajstić information content (AvgIpc) is 2.99. The van der Waals surface area contributed by atoms with Crippen LogP contribution in [0.2, 0.25) is 0 Å². The van der Waals surface area contributed by atoms with Crippen LogP contribution in [-0.2, 0) is 4.79 Å². The van der Waals surface area contributed by atoms with Crippen molar-refractivity contribution in [1.29, 1.82) is 0 Å². The first-order valence-corrected chi connectivity index (χ1v) is 5.19. The normalized spacial score (nSPS) is 17.2. The van der Waals surface area contributed by atoms with Gasteiger partial charge in [-0.05, 0) is 36.5 Å². The Labute approximate surface area is 88.5 Å². The van der Waals surface area contributed by atoms with Crippen molar-refractivity contribution in [3.05, 3.63) is 35.6 Å². The molecule has 0 spiro atoms. The highest BCUT2D eigenvalue weighted by atomic mass is 19.1. The first-order chi connectivity index (χ1) is 7.16. The number of nitrogens with one attached hydrogen (secondary N) is 1. The number of rotatable bonds is 3. The van der Waals surface area contributed by atoms with Gasteiger partial charge < -0.3 is 5.32 Å². The van der Waals surface area contributed by atoms with Gasteiger partial charge >= 0.3 is 0 Å². The molecule has 15 heavy (non-hydrogen) atoms. The topological polar surface area (TPSA) is 29.1 Å². The van der Waals surface area contributed by atoms with E-state index >= 15 is 0 Å². The van der Waals surface area contributed by atoms with Gasteiger partial charge in [0.05, 0.1) is 6.04 Å². The Kier molecular flexibility index (Phi) is 2.71. The largest absolute Gasteiger partial charge is 0.349 e. The predicted molar refractivity (Wildman–Crippen MR) is 55.7 cm³/mol. The molecule has 0 radical (unpaired) electrons. The molecule has 0 aromatic heterocycles. The summed E-state index contributed by atoms with van der Waals surface area (Å²) in [4.78, 5) is 11.0. The van der Waals surface area contributed by atoms with Crippen LogP contribution in [0.5, 0.6) is 0 Å². The summed E-state index contributed by atoms with van der Waals surface area (Å²) >= 11 is 0. The smallest absolute Gasteiger partial charge is 0.217 e. The van der Waals surface area contributed by atoms with E-state index in [9.17, 15) is 9.18 Å². The molecule has 1 saturated carbocycles. The fraction of sp³-hybridized carbons (Fsp3) is 0.417. The molecule has 80 valence electrons. The third-order valence-electron chi connectivity index (χ3n) is 2.68. The van der Waals surface area contributed by atoms with Crippen LogP contribution in [-0.4, -0.2) is 5.91 Å². The van der Waals surface area contributed by atoms with Gasteiger partial charge in [-0.15, -0.1) is 0 Å². The van der Waals surface area contributed by atoms with Gasteiger partial charge in [0.25, 0.3) is 0 Å². The minimum atomic E-state index is -0.240. The quantitative estimate of drug-likeness (QED) is 0.810. The lowest BCUT2D eigenvalue weighted by Crippen LogP contribution is -2.27. The zero-order valence-corrected chi connectivity index (χ0v) is 8.66. The zero-order chi connectivity index (χ0) is 10.8. The maximum Gasteiger partial charge on any atom is 0.217 e. The summed E-state index contributed by atoms with van der Waals surface area (Å²) in [5.74, 6) is 0.256. The van der Waals surface area contributed by atoms with E-state index in [0.29, 0.717) is 5.92 Å². The minimum Gasteiger partial charge on any atom is -0.349 e. The number of halogens is 1. The zero-order valence-electron chi connectivity index (χ0n) is 8.66. The molecule has 0 aliphatic heterocycles. The molecule has 2 nitrogen and oxygen atoms in total. The molecular weight excluding hydrogens is 193 g/mol. The summed E-state index contributed by atoms with van der Waals surface area (Å²) in [7, 11) is 0. The number of hydrogen-bond acceptors (Lipinski definition) is 1. The second-order valence-electron chi connectivity index (χ2n) is 4.07. The average molecular weight is 207 g/mol. The van der Waals surface area contributed by atoms with Gasteiger partial charge in [0.15, 0.2) is 0 Å². The van der Waals surface area contributed by atoms with E-state index in [2.05, 4.69) is 5.32 Å². The van der Waals surface area contributed by atoms with Crippen molar-refractivity contribution in [3.8, 4) is 0 Å². The molecule has 1 fully saturated rings. The highest BCUT2D eigenvalue weighted by Gasteiger charge is 2.32. The molecule has 1 amide bonds. The monoisotopic (exact) mass is 207 g/mol. The summed E-state index contributed by atoms with van der Waals surface area (Å²) in [6.07, 6.45) is 2.28. The van der Waals surface area contributed by atoms with E-state index < -0.39 is 0 Å². The van der Waals surface area contributed by atoms with E-state index in [1.54, 1.807) is 12.1 Å². The molecule has 0 saturated heterocycles. The van der Waals surface area contributed by atoms with E-state index in [1.165, 1.54) is 19.1 Å². The minimum absolute atomic E-state index is 0.0313. The van der Waals surface area contributed by atoms with E-state index in [1.807, 2.05) is 0 Å². The van der Waals surface area contributed by atoms with Gasteiger partial charge in [-0.1, -0.05) is 12.1 Å². The Morgan fingerprint density at radius 2 is 2.00 bits per heavy atom. The third kappa shape index (κ3) is 2.55. The number of carbonyl (C=O) groups excluding carboxylic acids is 1. The van der Waals surface area contributed by atoms with Crippen LogP contribution in [0.15, 0.2) is 24.3 Å². The Bertz CT molecular complexity index is 356. The summed E-state index contributed by atoms with van der Waals surface area (Å²) < 4.78 is 12.7. The molecule has 1 N–H and O–H groups in total. The second-order valence-corrected chi connectivity index (χ2v) is 4.07. The van der Waals surface area contributed by atoms with Crippen molar-refractivity contribution in [3.63, 3.8) is 0 Å². The fourth-order valence-electron chi connectivity index (χ4n) is 1.79. The lowest BCUT2D eigenvalue weighted by molar-refractivity contribution is -0.119. The van der Waals surface area contributed by atoms with Crippen LogP contribution >= 0.6 is 0 Å². The SMILES string of the molecule is CC(=O)NC(c1ccc(F)cc1)C1CC1. The van der Waals surface area contributed by atoms with Crippen molar-refractivity contribution in [2.45, 2.75) is 25.8 Å². The van der Waals surface area contributed by atoms with Crippen LogP contribution in [0.1, 0.15) is 31.4 Å². The first kappa shape index (κ1) is 10.1. The van der Waals surface area contributed by atoms with E-state index in [4.69, 9.17) is 0 Å². The predicted octanol–water partition coefficient (Wildman–Crippen LogP) is 2.41. The summed E-state index contributed by atoms with van der Waals surface area (Å²) in [5.41, 5.74) is 0.995. The highest BCUT2D eigenvalue weighted by Crippen LogP contribution is 2.40. The maximum absolute atomic E-state index is 12.7. The van der Waals surface area contributed by atoms with Crippen molar-refractivity contribution >= 4 is 5.91 Å². The molecule has 1 aliphatic rings. The van der Waals surface area contributed by atoms with Crippen LogP contribution in [0.3, 0.4) is 0 Å². The summed E-state index contributed by atoms with van der Waals surface area (Å²) in [6, 6.07) is 6.42. The highest BCUT2D eigenvalue weighted by molar-refractivity contribution is 5.73. The molecule has 1 atom stereocenters. The number of hydrogen-bond donors (Lipinski definition) is 1. The second kappa shape index (κ2) is 4.01. The Balaban J connectivity index is 2.16. The van der Waals surface area contributed by atoms with Crippen molar-refractivity contribution < 1.29 is 9.18 Å². The van der Waals surface area contributed by atoms with Crippen molar-refractivity contribution in [2.75, 3.05) is 0 Å². The number of amides is 1. The summed E-state index contributed by atoms with van der Waals surface area (Å²) in [5, 5.41) is 2.92. The fourth-order valence-corrected chi connectivity index (χ4v) is 1.79. The van der Waals surface area contributed by atoms with E-state index in [-0.39, 0.29) is 17.8 Å². The first-order valence-electron chi connectivity index (χ1n) is 5.19. The van der Waals surface area contributed by atoms with Gasteiger partial charge in [-0.2, -0.15) is 0 Å². The Hall–Kier alpha value is -1.38. The third-order valence-corrected chi connectivity index (χ3v) is 2.68. The van der Waals surface area contributed by atoms with Crippen LogP contribution in [0, 0.1) is 11.7 Å². The standard InChI is InChI=1S/C12H14FNO/c1-8(15)14-12(9-2-3-9)10-4-6-11(13)7-5-10/h4-7,9,12H,2-3H2,1H3,(H,14,15). The lowest BCUT2D eigenvalue weighted by atomic mass is 10.0. The van der Waals surface area contributed by atoms with Crippen LogP contribution < -0.4 is 5.32 Å². The molecule has 1 unspecified atom stereocenters. The van der Waals surface area contributed by atoms with Crippen LogP contribution in [0.4, 0.5) is 4.39 Å². The van der Waals surface area contributed by atoms with Gasteiger partial charge in [-0.25, -0.2) is 4.39 Å². The van der Waals surface area contributed by atoms with Crippen LogP contribution in [0.25, 0.3) is 0 Å². The molecule has 3 heteroatoms. The molecule has 0 heterocycles. The molecule has 1 aromatic carbocycles. The van der Waals surface area contributed by atoms with Crippen molar-refractivity contribution in [1.82, 2.24) is 5.32 Å². The van der Waals surface area contributed by atoms with E-state index in [0.717, 1.165) is 18.4 Å². The Morgan fingerprint density at radius 1 is 1.40 bits per heavy atom. The number of carbonyl (C=O) groups is 1. The molecule has 0 bridgehead atoms. The molecule has 1 aliphatic carbocycles. The van der Waals surface area contributed by atoms with Gasteiger partial charge in [0.1, 0.15) is 5.82 Å². The van der Waals surface area contributed by atoms with Gasteiger partial charge in [0.2, 0.25) is 5.91 Å².